The first-order valence-corrected chi connectivity index (χ1v) is 9.73. The molecule has 1 aliphatic carbocycles. The van der Waals surface area contributed by atoms with Crippen molar-refractivity contribution >= 4 is 12.1 Å². The Labute approximate surface area is 153 Å². The third-order valence-corrected chi connectivity index (χ3v) is 5.69. The third kappa shape index (κ3) is 3.56. The maximum Gasteiger partial charge on any atom is 0.407 e. The maximum absolute atomic E-state index is 12.8. The number of hydrogen-bond acceptors (Lipinski definition) is 5. The van der Waals surface area contributed by atoms with Crippen molar-refractivity contribution in [1.29, 1.82) is 0 Å². The fraction of sp³-hybridized carbons (Fsp3) is 0.722. The number of alkyl carbamates (subject to hydrolysis) is 1. The number of piperidine rings is 1. The zero-order valence-corrected chi connectivity index (χ0v) is 15.1. The van der Waals surface area contributed by atoms with Crippen molar-refractivity contribution in [3.05, 3.63) is 17.7 Å². The first kappa shape index (κ1) is 17.3. The van der Waals surface area contributed by atoms with Crippen LogP contribution in [0, 0.1) is 0 Å². The maximum atomic E-state index is 12.8. The molecule has 0 bridgehead atoms. The Morgan fingerprint density at radius 3 is 2.77 bits per heavy atom. The summed E-state index contributed by atoms with van der Waals surface area (Å²) >= 11 is 0. The molecular formula is C18H27N5O3. The highest BCUT2D eigenvalue weighted by atomic mass is 16.5. The van der Waals surface area contributed by atoms with Gasteiger partial charge in [0.05, 0.1) is 18.4 Å². The van der Waals surface area contributed by atoms with E-state index in [1.54, 1.807) is 10.8 Å². The SMILES string of the molecule is O=C(NC1CCCCC1)OCc1ncc2n1C(=O)N(C1CCNCC1)C2. The Morgan fingerprint density at radius 2 is 2.00 bits per heavy atom. The Balaban J connectivity index is 1.34. The quantitative estimate of drug-likeness (QED) is 0.856. The van der Waals surface area contributed by atoms with Gasteiger partial charge in [-0.05, 0) is 38.8 Å². The van der Waals surface area contributed by atoms with Crippen molar-refractivity contribution < 1.29 is 14.3 Å². The lowest BCUT2D eigenvalue weighted by molar-refractivity contribution is 0.128. The number of ether oxygens (including phenoxy) is 1. The van der Waals surface area contributed by atoms with Crippen LogP contribution < -0.4 is 10.6 Å². The second-order valence-corrected chi connectivity index (χ2v) is 7.45. The summed E-state index contributed by atoms with van der Waals surface area (Å²) < 4.78 is 6.94. The molecule has 2 N–H and O–H groups in total. The van der Waals surface area contributed by atoms with Gasteiger partial charge in [0, 0.05) is 12.1 Å². The summed E-state index contributed by atoms with van der Waals surface area (Å²) in [6, 6.07) is 0.432. The molecule has 2 aliphatic heterocycles. The van der Waals surface area contributed by atoms with Gasteiger partial charge in [-0.15, -0.1) is 0 Å². The largest absolute Gasteiger partial charge is 0.441 e. The van der Waals surface area contributed by atoms with Gasteiger partial charge in [0.1, 0.15) is 0 Å². The molecule has 3 aliphatic rings. The minimum absolute atomic E-state index is 0.0182. The molecule has 1 aromatic heterocycles. The highest BCUT2D eigenvalue weighted by molar-refractivity contribution is 5.81. The minimum Gasteiger partial charge on any atom is -0.441 e. The Kier molecular flexibility index (Phi) is 5.10. The molecule has 0 atom stereocenters. The van der Waals surface area contributed by atoms with Crippen molar-refractivity contribution in [3.63, 3.8) is 0 Å². The molecule has 2 amide bonds. The van der Waals surface area contributed by atoms with Gasteiger partial charge in [-0.3, -0.25) is 0 Å². The van der Waals surface area contributed by atoms with E-state index < -0.39 is 6.09 Å². The van der Waals surface area contributed by atoms with Gasteiger partial charge in [-0.1, -0.05) is 19.3 Å². The van der Waals surface area contributed by atoms with Gasteiger partial charge in [-0.2, -0.15) is 0 Å². The highest BCUT2D eigenvalue weighted by Gasteiger charge is 2.35. The van der Waals surface area contributed by atoms with Gasteiger partial charge in [0.2, 0.25) is 0 Å². The van der Waals surface area contributed by atoms with Crippen LogP contribution in [-0.2, 0) is 17.9 Å². The van der Waals surface area contributed by atoms with Crippen LogP contribution in [0.25, 0.3) is 0 Å². The third-order valence-electron chi connectivity index (χ3n) is 5.69. The van der Waals surface area contributed by atoms with Crippen LogP contribution in [0.5, 0.6) is 0 Å². The van der Waals surface area contributed by atoms with Gasteiger partial charge in [0.25, 0.3) is 0 Å². The van der Waals surface area contributed by atoms with E-state index in [9.17, 15) is 9.59 Å². The first-order valence-electron chi connectivity index (χ1n) is 9.73. The smallest absolute Gasteiger partial charge is 0.407 e. The molecule has 8 nitrogen and oxygen atoms in total. The molecule has 0 unspecified atom stereocenters. The topological polar surface area (TPSA) is 88.5 Å². The first-order chi connectivity index (χ1) is 12.7. The fourth-order valence-electron chi connectivity index (χ4n) is 4.24. The Morgan fingerprint density at radius 1 is 1.23 bits per heavy atom. The molecule has 1 aromatic rings. The van der Waals surface area contributed by atoms with E-state index in [1.165, 1.54) is 6.42 Å². The fourth-order valence-corrected chi connectivity index (χ4v) is 4.24. The van der Waals surface area contributed by atoms with E-state index in [4.69, 9.17) is 4.74 Å². The number of rotatable bonds is 4. The molecule has 0 spiro atoms. The van der Waals surface area contributed by atoms with Crippen molar-refractivity contribution in [1.82, 2.24) is 25.1 Å². The predicted octanol–water partition coefficient (Wildman–Crippen LogP) is 1.98. The lowest BCUT2D eigenvalue weighted by Crippen LogP contribution is -2.44. The van der Waals surface area contributed by atoms with Crippen molar-refractivity contribution in [2.24, 2.45) is 0 Å². The van der Waals surface area contributed by atoms with Crippen LogP contribution in [0.15, 0.2) is 6.20 Å². The summed E-state index contributed by atoms with van der Waals surface area (Å²) in [7, 11) is 0. The van der Waals surface area contributed by atoms with Gasteiger partial charge in [0.15, 0.2) is 12.4 Å². The van der Waals surface area contributed by atoms with E-state index in [2.05, 4.69) is 15.6 Å². The number of carbonyl (C=O) groups is 2. The number of carbonyl (C=O) groups excluding carboxylic acids is 2. The van der Waals surface area contributed by atoms with E-state index in [0.717, 1.165) is 57.3 Å². The van der Waals surface area contributed by atoms with Gasteiger partial charge >= 0.3 is 12.1 Å². The van der Waals surface area contributed by atoms with Crippen LogP contribution in [-0.4, -0.2) is 51.7 Å². The summed E-state index contributed by atoms with van der Waals surface area (Å²) in [6.07, 6.45) is 8.81. The minimum atomic E-state index is -0.421. The van der Waals surface area contributed by atoms with Crippen LogP contribution in [0.1, 0.15) is 56.5 Å². The van der Waals surface area contributed by atoms with Crippen molar-refractivity contribution in [2.75, 3.05) is 13.1 Å². The van der Waals surface area contributed by atoms with E-state index >= 15 is 0 Å². The number of nitrogens with zero attached hydrogens (tertiary/aromatic N) is 3. The van der Waals surface area contributed by atoms with Crippen molar-refractivity contribution in [2.45, 2.75) is 70.2 Å². The summed E-state index contributed by atoms with van der Waals surface area (Å²) in [5.41, 5.74) is 0.875. The monoisotopic (exact) mass is 361 g/mol. The van der Waals surface area contributed by atoms with Gasteiger partial charge in [-0.25, -0.2) is 19.1 Å². The second-order valence-electron chi connectivity index (χ2n) is 7.45. The Hall–Kier alpha value is -2.09. The molecule has 0 radical (unpaired) electrons. The molecule has 2 fully saturated rings. The zero-order chi connectivity index (χ0) is 17.9. The van der Waals surface area contributed by atoms with Crippen LogP contribution >= 0.6 is 0 Å². The molecule has 142 valence electrons. The van der Waals surface area contributed by atoms with Crippen LogP contribution in [0.4, 0.5) is 9.59 Å². The van der Waals surface area contributed by atoms with E-state index in [0.29, 0.717) is 12.4 Å². The number of fused-ring (bicyclic) bond motifs is 1. The standard InChI is InChI=1S/C18H27N5O3/c24-17(21-13-4-2-1-3-5-13)26-12-16-20-10-15-11-22(18(25)23(15)16)14-6-8-19-9-7-14/h10,13-14,19H,1-9,11-12H2,(H,21,24). The van der Waals surface area contributed by atoms with Crippen LogP contribution in [0.2, 0.25) is 0 Å². The lowest BCUT2D eigenvalue weighted by Gasteiger charge is -2.30. The molecule has 3 heterocycles. The van der Waals surface area contributed by atoms with E-state index in [1.807, 2.05) is 4.90 Å². The summed E-state index contributed by atoms with van der Waals surface area (Å²) in [5.74, 6) is 0.500. The zero-order valence-electron chi connectivity index (χ0n) is 15.1. The molecular weight excluding hydrogens is 334 g/mol. The summed E-state index contributed by atoms with van der Waals surface area (Å²) in [4.78, 5) is 31.0. The number of hydrogen-bond donors (Lipinski definition) is 2. The summed E-state index contributed by atoms with van der Waals surface area (Å²) in [6.45, 7) is 2.49. The van der Waals surface area contributed by atoms with E-state index in [-0.39, 0.29) is 24.7 Å². The molecule has 1 saturated heterocycles. The number of aromatic nitrogens is 2. The van der Waals surface area contributed by atoms with Gasteiger partial charge < -0.3 is 20.3 Å². The molecule has 0 aromatic carbocycles. The summed E-state index contributed by atoms with van der Waals surface area (Å²) in [5, 5.41) is 6.24. The molecule has 1 saturated carbocycles. The molecule has 4 rings (SSSR count). The highest BCUT2D eigenvalue weighted by Crippen LogP contribution is 2.25. The number of amides is 2. The molecule has 26 heavy (non-hydrogen) atoms. The number of imidazole rings is 1. The normalized spacial score (nSPS) is 21.7. The lowest BCUT2D eigenvalue weighted by atomic mass is 9.96. The average molecular weight is 361 g/mol. The Bertz CT molecular complexity index is 662. The van der Waals surface area contributed by atoms with Crippen molar-refractivity contribution in [3.8, 4) is 0 Å². The van der Waals surface area contributed by atoms with Crippen LogP contribution in [0.3, 0.4) is 0 Å². The molecule has 8 heteroatoms. The second kappa shape index (κ2) is 7.65. The number of nitrogens with one attached hydrogen (secondary N) is 2. The average Bonchev–Trinajstić information content (AvgIpc) is 3.22. The predicted molar refractivity (Wildman–Crippen MR) is 94.6 cm³/mol.